The summed E-state index contributed by atoms with van der Waals surface area (Å²) in [7, 11) is 0. The third-order valence-electron chi connectivity index (χ3n) is 4.45. The monoisotopic (exact) mass is 289 g/mol. The Balaban J connectivity index is 1.60. The van der Waals surface area contributed by atoms with Crippen LogP contribution >= 0.6 is 0 Å². The summed E-state index contributed by atoms with van der Waals surface area (Å²) in [4.78, 5) is 0. The molecule has 116 valence electrons. The van der Waals surface area contributed by atoms with Gasteiger partial charge in [-0.05, 0) is 31.4 Å². The van der Waals surface area contributed by atoms with Gasteiger partial charge in [0.15, 0.2) is 0 Å². The molecular formula is C17H27N3O. The summed E-state index contributed by atoms with van der Waals surface area (Å²) in [6, 6.07) is 11.4. The van der Waals surface area contributed by atoms with Crippen molar-refractivity contribution in [1.29, 1.82) is 0 Å². The molecule has 1 aliphatic rings. The summed E-state index contributed by atoms with van der Waals surface area (Å²) in [5.41, 5.74) is 6.92. The molecule has 1 saturated carbocycles. The third kappa shape index (κ3) is 4.46. The fourth-order valence-electron chi connectivity index (χ4n) is 2.73. The lowest BCUT2D eigenvalue weighted by Gasteiger charge is -2.22. The van der Waals surface area contributed by atoms with Crippen molar-refractivity contribution in [3.63, 3.8) is 0 Å². The molecule has 4 heteroatoms. The Morgan fingerprint density at radius 2 is 2.05 bits per heavy atom. The number of oxime groups is 1. The largest absolute Gasteiger partial charge is 0.409 e. The van der Waals surface area contributed by atoms with Crippen molar-refractivity contribution >= 4 is 5.84 Å². The van der Waals surface area contributed by atoms with Crippen LogP contribution in [-0.4, -0.2) is 23.6 Å². The summed E-state index contributed by atoms with van der Waals surface area (Å²) in [6.45, 7) is 5.07. The SMILES string of the molecule is CC(C)(CCCCNC1CC1c1ccccc1)/C(N)=N/O. The van der Waals surface area contributed by atoms with Crippen LogP contribution in [0.5, 0.6) is 0 Å². The minimum absolute atomic E-state index is 0.221. The van der Waals surface area contributed by atoms with Crippen molar-refractivity contribution in [2.45, 2.75) is 51.5 Å². The van der Waals surface area contributed by atoms with E-state index in [1.165, 1.54) is 12.0 Å². The van der Waals surface area contributed by atoms with Gasteiger partial charge in [0.25, 0.3) is 0 Å². The molecule has 2 unspecified atom stereocenters. The molecule has 1 aromatic carbocycles. The molecule has 0 heterocycles. The second-order valence-electron chi connectivity index (χ2n) is 6.64. The van der Waals surface area contributed by atoms with Crippen molar-refractivity contribution in [3.8, 4) is 0 Å². The van der Waals surface area contributed by atoms with Gasteiger partial charge in [-0.25, -0.2) is 0 Å². The van der Waals surface area contributed by atoms with E-state index in [0.717, 1.165) is 25.8 Å². The number of rotatable bonds is 8. The van der Waals surface area contributed by atoms with Crippen molar-refractivity contribution < 1.29 is 5.21 Å². The highest BCUT2D eigenvalue weighted by Crippen LogP contribution is 2.40. The maximum Gasteiger partial charge on any atom is 0.144 e. The zero-order chi connectivity index (χ0) is 15.3. The maximum absolute atomic E-state index is 8.74. The minimum Gasteiger partial charge on any atom is -0.409 e. The lowest BCUT2D eigenvalue weighted by Crippen LogP contribution is -2.32. The number of hydrogen-bond acceptors (Lipinski definition) is 3. The van der Waals surface area contributed by atoms with E-state index < -0.39 is 0 Å². The topological polar surface area (TPSA) is 70.6 Å². The van der Waals surface area contributed by atoms with Crippen LogP contribution < -0.4 is 11.1 Å². The molecule has 4 nitrogen and oxygen atoms in total. The van der Waals surface area contributed by atoms with Crippen LogP contribution in [0.4, 0.5) is 0 Å². The highest BCUT2D eigenvalue weighted by Gasteiger charge is 2.37. The summed E-state index contributed by atoms with van der Waals surface area (Å²) < 4.78 is 0. The molecule has 2 atom stereocenters. The van der Waals surface area contributed by atoms with Gasteiger partial charge in [0, 0.05) is 17.4 Å². The Bertz CT molecular complexity index is 470. The van der Waals surface area contributed by atoms with E-state index in [2.05, 4.69) is 40.8 Å². The number of unbranched alkanes of at least 4 members (excludes halogenated alkanes) is 1. The average Bonchev–Trinajstić information content (AvgIpc) is 3.26. The zero-order valence-corrected chi connectivity index (χ0v) is 13.0. The first-order valence-corrected chi connectivity index (χ1v) is 7.81. The average molecular weight is 289 g/mol. The van der Waals surface area contributed by atoms with E-state index in [4.69, 9.17) is 10.9 Å². The second kappa shape index (κ2) is 6.94. The molecule has 2 rings (SSSR count). The van der Waals surface area contributed by atoms with Gasteiger partial charge in [-0.15, -0.1) is 0 Å². The summed E-state index contributed by atoms with van der Waals surface area (Å²) in [6.07, 6.45) is 4.40. The van der Waals surface area contributed by atoms with Crippen molar-refractivity contribution in [3.05, 3.63) is 35.9 Å². The highest BCUT2D eigenvalue weighted by molar-refractivity contribution is 5.85. The van der Waals surface area contributed by atoms with Gasteiger partial charge < -0.3 is 16.3 Å². The Morgan fingerprint density at radius 3 is 2.71 bits per heavy atom. The Kier molecular flexibility index (Phi) is 5.23. The summed E-state index contributed by atoms with van der Waals surface area (Å²) in [5, 5.41) is 15.5. The van der Waals surface area contributed by atoms with Gasteiger partial charge in [0.1, 0.15) is 5.84 Å². The molecule has 0 bridgehead atoms. The first kappa shape index (κ1) is 15.8. The molecule has 1 aliphatic carbocycles. The van der Waals surface area contributed by atoms with E-state index in [9.17, 15) is 0 Å². The molecule has 4 N–H and O–H groups in total. The lowest BCUT2D eigenvalue weighted by molar-refractivity contribution is 0.304. The first-order chi connectivity index (χ1) is 10.0. The molecule has 0 radical (unpaired) electrons. The fraction of sp³-hybridized carbons (Fsp3) is 0.588. The quantitative estimate of drug-likeness (QED) is 0.226. The number of hydrogen-bond donors (Lipinski definition) is 3. The van der Waals surface area contributed by atoms with Gasteiger partial charge in [0.05, 0.1) is 0 Å². The normalized spacial score (nSPS) is 22.3. The smallest absolute Gasteiger partial charge is 0.144 e. The van der Waals surface area contributed by atoms with E-state index >= 15 is 0 Å². The Hall–Kier alpha value is -1.55. The van der Waals surface area contributed by atoms with Crippen LogP contribution in [0.25, 0.3) is 0 Å². The lowest BCUT2D eigenvalue weighted by atomic mass is 9.86. The maximum atomic E-state index is 8.74. The highest BCUT2D eigenvalue weighted by atomic mass is 16.4. The molecule has 0 amide bonds. The number of nitrogens with two attached hydrogens (primary N) is 1. The van der Waals surface area contributed by atoms with Gasteiger partial charge in [-0.3, -0.25) is 0 Å². The summed E-state index contributed by atoms with van der Waals surface area (Å²) >= 11 is 0. The van der Waals surface area contributed by atoms with E-state index in [-0.39, 0.29) is 5.41 Å². The van der Waals surface area contributed by atoms with E-state index in [1.54, 1.807) is 0 Å². The van der Waals surface area contributed by atoms with Gasteiger partial charge in [-0.1, -0.05) is 55.8 Å². The number of amidine groups is 1. The second-order valence-corrected chi connectivity index (χ2v) is 6.64. The number of benzene rings is 1. The van der Waals surface area contributed by atoms with E-state index in [0.29, 0.717) is 17.8 Å². The van der Waals surface area contributed by atoms with Crippen LogP contribution in [0.2, 0.25) is 0 Å². The van der Waals surface area contributed by atoms with Gasteiger partial charge in [0.2, 0.25) is 0 Å². The predicted octanol–water partition coefficient (Wildman–Crippen LogP) is 3.08. The molecule has 1 fully saturated rings. The van der Waals surface area contributed by atoms with Crippen molar-refractivity contribution in [2.24, 2.45) is 16.3 Å². The first-order valence-electron chi connectivity index (χ1n) is 7.81. The third-order valence-corrected chi connectivity index (χ3v) is 4.45. The number of nitrogens with one attached hydrogen (secondary N) is 1. The van der Waals surface area contributed by atoms with Gasteiger partial charge >= 0.3 is 0 Å². The Morgan fingerprint density at radius 1 is 1.33 bits per heavy atom. The van der Waals surface area contributed by atoms with Crippen LogP contribution in [0, 0.1) is 5.41 Å². The molecule has 0 spiro atoms. The van der Waals surface area contributed by atoms with Crippen molar-refractivity contribution in [1.82, 2.24) is 5.32 Å². The summed E-state index contributed by atoms with van der Waals surface area (Å²) in [5.74, 6) is 1.02. The molecule has 1 aromatic rings. The molecule has 21 heavy (non-hydrogen) atoms. The molecule has 0 aromatic heterocycles. The molecule has 0 aliphatic heterocycles. The van der Waals surface area contributed by atoms with Crippen LogP contribution in [0.15, 0.2) is 35.5 Å². The van der Waals surface area contributed by atoms with Crippen molar-refractivity contribution in [2.75, 3.05) is 6.54 Å². The Labute approximate surface area is 127 Å². The van der Waals surface area contributed by atoms with Crippen LogP contribution in [0.1, 0.15) is 51.0 Å². The molecular weight excluding hydrogens is 262 g/mol. The molecule has 0 saturated heterocycles. The van der Waals surface area contributed by atoms with Crippen LogP contribution in [0.3, 0.4) is 0 Å². The number of nitrogens with zero attached hydrogens (tertiary/aromatic N) is 1. The minimum atomic E-state index is -0.221. The van der Waals surface area contributed by atoms with Crippen LogP contribution in [-0.2, 0) is 0 Å². The standard InChI is InChI=1S/C17H27N3O/c1-17(2,16(18)20-21)10-6-7-11-19-15-12-14(15)13-8-4-3-5-9-13/h3-5,8-9,14-15,19,21H,6-7,10-12H2,1-2H3,(H2,18,20). The van der Waals surface area contributed by atoms with E-state index in [1.807, 2.05) is 13.8 Å². The zero-order valence-electron chi connectivity index (χ0n) is 13.0. The predicted molar refractivity (Wildman–Crippen MR) is 86.6 cm³/mol. The fourth-order valence-corrected chi connectivity index (χ4v) is 2.73. The van der Waals surface area contributed by atoms with Gasteiger partial charge in [-0.2, -0.15) is 0 Å².